The number of anilines is 1. The van der Waals surface area contributed by atoms with Gasteiger partial charge >= 0.3 is 11.7 Å². The first-order valence-electron chi connectivity index (χ1n) is 8.17. The van der Waals surface area contributed by atoms with Crippen LogP contribution in [0.1, 0.15) is 10.4 Å². The summed E-state index contributed by atoms with van der Waals surface area (Å²) >= 11 is 0. The first-order chi connectivity index (χ1) is 13.0. The molecule has 1 aromatic heterocycles. The van der Waals surface area contributed by atoms with Gasteiger partial charge in [-0.05, 0) is 29.7 Å². The minimum atomic E-state index is -1.12. The topological polar surface area (TPSA) is 102 Å². The van der Waals surface area contributed by atoms with E-state index in [-0.39, 0.29) is 17.7 Å². The third kappa shape index (κ3) is 3.06. The van der Waals surface area contributed by atoms with Crippen LogP contribution in [0.3, 0.4) is 0 Å². The van der Waals surface area contributed by atoms with Crippen molar-refractivity contribution in [3.05, 3.63) is 76.8 Å². The molecule has 1 heterocycles. The van der Waals surface area contributed by atoms with Crippen LogP contribution in [0.4, 0.5) is 5.69 Å². The summed E-state index contributed by atoms with van der Waals surface area (Å²) < 4.78 is 6.24. The second-order valence-corrected chi connectivity index (χ2v) is 6.02. The number of carbonyl (C=O) groups is 2. The normalized spacial score (nSPS) is 11.0. The number of hydrogen-bond donors (Lipinski definition) is 2. The average molecular weight is 362 g/mol. The number of aromatic nitrogens is 1. The molecule has 0 saturated carbocycles. The molecule has 27 heavy (non-hydrogen) atoms. The summed E-state index contributed by atoms with van der Waals surface area (Å²) in [5.41, 5.74) is 1.13. The summed E-state index contributed by atoms with van der Waals surface area (Å²) in [7, 11) is 0. The number of carboxylic acids is 1. The molecule has 4 aromatic rings. The second-order valence-electron chi connectivity index (χ2n) is 6.02. The van der Waals surface area contributed by atoms with E-state index in [9.17, 15) is 14.4 Å². The Morgan fingerprint density at radius 3 is 2.63 bits per heavy atom. The zero-order valence-electron chi connectivity index (χ0n) is 14.0. The van der Waals surface area contributed by atoms with Gasteiger partial charge in [-0.15, -0.1) is 0 Å². The minimum absolute atomic E-state index is 0.00334. The first kappa shape index (κ1) is 16.6. The van der Waals surface area contributed by atoms with Crippen LogP contribution in [0.15, 0.2) is 69.9 Å². The van der Waals surface area contributed by atoms with E-state index in [2.05, 4.69) is 5.32 Å². The number of fused-ring (bicyclic) bond motifs is 2. The Bertz CT molecular complexity index is 1250. The first-order valence-corrected chi connectivity index (χ1v) is 8.17. The fourth-order valence-corrected chi connectivity index (χ4v) is 3.02. The van der Waals surface area contributed by atoms with Gasteiger partial charge in [0, 0.05) is 11.1 Å². The Morgan fingerprint density at radius 2 is 1.81 bits per heavy atom. The lowest BCUT2D eigenvalue weighted by atomic mass is 10.1. The molecule has 0 radical (unpaired) electrons. The van der Waals surface area contributed by atoms with Gasteiger partial charge in [-0.2, -0.15) is 0 Å². The standard InChI is InChI=1S/C20H14N2O5/c23-18(21-15-7-3-5-12-4-1-2-6-14(12)15)11-22-16-9-8-13(19(24)25)10-17(16)27-20(22)26/h1-10H,11H2,(H,21,23)(H,24,25). The molecule has 7 nitrogen and oxygen atoms in total. The van der Waals surface area contributed by atoms with E-state index in [4.69, 9.17) is 9.52 Å². The molecular weight excluding hydrogens is 348 g/mol. The lowest BCUT2D eigenvalue weighted by molar-refractivity contribution is -0.116. The van der Waals surface area contributed by atoms with Crippen molar-refractivity contribution >= 4 is 39.4 Å². The molecule has 0 saturated heterocycles. The van der Waals surface area contributed by atoms with Crippen molar-refractivity contribution < 1.29 is 19.1 Å². The number of aromatic carboxylic acids is 1. The number of nitrogens with zero attached hydrogens (tertiary/aromatic N) is 1. The van der Waals surface area contributed by atoms with Crippen LogP contribution in [0.2, 0.25) is 0 Å². The lowest BCUT2D eigenvalue weighted by Gasteiger charge is -2.09. The van der Waals surface area contributed by atoms with Crippen molar-refractivity contribution in [3.63, 3.8) is 0 Å². The molecule has 7 heteroatoms. The zero-order valence-corrected chi connectivity index (χ0v) is 14.0. The summed E-state index contributed by atoms with van der Waals surface area (Å²) in [6, 6.07) is 17.3. The van der Waals surface area contributed by atoms with Crippen LogP contribution in [0.25, 0.3) is 21.9 Å². The fourth-order valence-electron chi connectivity index (χ4n) is 3.02. The largest absolute Gasteiger partial charge is 0.478 e. The fraction of sp³-hybridized carbons (Fsp3) is 0.0500. The number of carbonyl (C=O) groups excluding carboxylic acids is 1. The smallest absolute Gasteiger partial charge is 0.420 e. The minimum Gasteiger partial charge on any atom is -0.478 e. The zero-order chi connectivity index (χ0) is 19.0. The summed E-state index contributed by atoms with van der Waals surface area (Å²) in [6.07, 6.45) is 0. The van der Waals surface area contributed by atoms with E-state index in [1.54, 1.807) is 6.07 Å². The Kier molecular flexibility index (Phi) is 3.97. The SMILES string of the molecule is O=C(Cn1c(=O)oc2cc(C(=O)O)ccc21)Nc1cccc2ccccc12. The molecular formula is C20H14N2O5. The molecule has 0 atom stereocenters. The van der Waals surface area contributed by atoms with Crippen LogP contribution < -0.4 is 11.1 Å². The lowest BCUT2D eigenvalue weighted by Crippen LogP contribution is -2.24. The molecule has 3 aromatic carbocycles. The van der Waals surface area contributed by atoms with E-state index in [0.29, 0.717) is 11.2 Å². The van der Waals surface area contributed by atoms with Crippen molar-refractivity contribution in [1.29, 1.82) is 0 Å². The van der Waals surface area contributed by atoms with Gasteiger partial charge in [0.15, 0.2) is 5.58 Å². The molecule has 0 aliphatic heterocycles. The number of rotatable bonds is 4. The monoisotopic (exact) mass is 362 g/mol. The summed E-state index contributed by atoms with van der Waals surface area (Å²) in [5, 5.41) is 13.7. The highest BCUT2D eigenvalue weighted by Crippen LogP contribution is 2.23. The van der Waals surface area contributed by atoms with Crippen LogP contribution >= 0.6 is 0 Å². The van der Waals surface area contributed by atoms with E-state index < -0.39 is 17.6 Å². The molecule has 1 amide bonds. The van der Waals surface area contributed by atoms with E-state index in [1.807, 2.05) is 36.4 Å². The Labute approximate surface area is 152 Å². The molecule has 0 aliphatic carbocycles. The third-order valence-electron chi connectivity index (χ3n) is 4.28. The molecule has 0 unspecified atom stereocenters. The van der Waals surface area contributed by atoms with Crippen molar-refractivity contribution in [3.8, 4) is 0 Å². The molecule has 134 valence electrons. The number of hydrogen-bond acceptors (Lipinski definition) is 4. The number of nitrogens with one attached hydrogen (secondary N) is 1. The quantitative estimate of drug-likeness (QED) is 0.581. The maximum atomic E-state index is 12.5. The van der Waals surface area contributed by atoms with E-state index in [1.165, 1.54) is 22.8 Å². The van der Waals surface area contributed by atoms with E-state index >= 15 is 0 Å². The molecule has 0 fully saturated rings. The van der Waals surface area contributed by atoms with Crippen LogP contribution in [0.5, 0.6) is 0 Å². The second kappa shape index (κ2) is 6.45. The van der Waals surface area contributed by atoms with Crippen LogP contribution in [-0.4, -0.2) is 21.6 Å². The maximum Gasteiger partial charge on any atom is 0.420 e. The Hall–Kier alpha value is -3.87. The van der Waals surface area contributed by atoms with Crippen molar-refractivity contribution in [2.45, 2.75) is 6.54 Å². The van der Waals surface area contributed by atoms with Gasteiger partial charge in [-0.1, -0.05) is 36.4 Å². The highest BCUT2D eigenvalue weighted by atomic mass is 16.4. The van der Waals surface area contributed by atoms with Gasteiger partial charge in [-0.3, -0.25) is 9.36 Å². The van der Waals surface area contributed by atoms with Crippen molar-refractivity contribution in [2.24, 2.45) is 0 Å². The van der Waals surface area contributed by atoms with Crippen molar-refractivity contribution in [2.75, 3.05) is 5.32 Å². The molecule has 0 bridgehead atoms. The Morgan fingerprint density at radius 1 is 1.04 bits per heavy atom. The van der Waals surface area contributed by atoms with Gasteiger partial charge in [0.25, 0.3) is 0 Å². The number of carboxylic acid groups (broad SMARTS) is 1. The molecule has 0 spiro atoms. The average Bonchev–Trinajstić information content (AvgIpc) is 2.96. The van der Waals surface area contributed by atoms with Gasteiger partial charge in [-0.25, -0.2) is 9.59 Å². The van der Waals surface area contributed by atoms with Gasteiger partial charge in [0.2, 0.25) is 5.91 Å². The van der Waals surface area contributed by atoms with Crippen molar-refractivity contribution in [1.82, 2.24) is 4.57 Å². The Balaban J connectivity index is 1.64. The predicted molar refractivity (Wildman–Crippen MR) is 100 cm³/mol. The van der Waals surface area contributed by atoms with Gasteiger partial charge in [0.05, 0.1) is 11.1 Å². The summed E-state index contributed by atoms with van der Waals surface area (Å²) in [6.45, 7) is -0.249. The van der Waals surface area contributed by atoms with Crippen LogP contribution in [-0.2, 0) is 11.3 Å². The highest BCUT2D eigenvalue weighted by molar-refractivity contribution is 6.02. The summed E-state index contributed by atoms with van der Waals surface area (Å²) in [5.74, 6) is -2.24. The number of amides is 1. The number of oxazole rings is 1. The van der Waals surface area contributed by atoms with Crippen LogP contribution in [0, 0.1) is 0 Å². The summed E-state index contributed by atoms with van der Waals surface area (Å²) in [4.78, 5) is 35.6. The molecule has 0 aliphatic rings. The number of benzene rings is 3. The third-order valence-corrected chi connectivity index (χ3v) is 4.28. The highest BCUT2D eigenvalue weighted by Gasteiger charge is 2.15. The molecule has 4 rings (SSSR count). The van der Waals surface area contributed by atoms with Gasteiger partial charge < -0.3 is 14.8 Å². The maximum absolute atomic E-state index is 12.5. The van der Waals surface area contributed by atoms with Gasteiger partial charge in [0.1, 0.15) is 6.54 Å². The van der Waals surface area contributed by atoms with E-state index in [0.717, 1.165) is 10.8 Å². The predicted octanol–water partition coefficient (Wildman–Crippen LogP) is 3.08. The molecule has 2 N–H and O–H groups in total.